The third-order valence-electron chi connectivity index (χ3n) is 3.31. The molecule has 2 N–H and O–H groups in total. The molecule has 0 saturated carbocycles. The van der Waals surface area contributed by atoms with Crippen molar-refractivity contribution in [1.29, 1.82) is 0 Å². The van der Waals surface area contributed by atoms with Crippen LogP contribution in [0.15, 0.2) is 36.4 Å². The quantitative estimate of drug-likeness (QED) is 0.906. The Morgan fingerprint density at radius 3 is 2.63 bits per heavy atom. The minimum atomic E-state index is -0.379. The van der Waals surface area contributed by atoms with Gasteiger partial charge < -0.3 is 10.6 Å². The van der Waals surface area contributed by atoms with Crippen molar-refractivity contribution in [3.05, 3.63) is 42.0 Å². The first-order chi connectivity index (χ1) is 9.09. The van der Waals surface area contributed by atoms with Gasteiger partial charge in [-0.05, 0) is 24.3 Å². The zero-order valence-corrected chi connectivity index (χ0v) is 11.7. The molecule has 1 aromatic carbocycles. The lowest BCUT2D eigenvalue weighted by atomic mass is 10.1. The highest BCUT2D eigenvalue weighted by Crippen LogP contribution is 2.25. The van der Waals surface area contributed by atoms with Crippen molar-refractivity contribution in [1.82, 2.24) is 4.90 Å². The zero-order chi connectivity index (χ0) is 13.8. The highest BCUT2D eigenvalue weighted by molar-refractivity contribution is 5.91. The molecule has 1 aliphatic rings. The smallest absolute Gasteiger partial charge is 0.243 e. The van der Waals surface area contributed by atoms with Crippen molar-refractivity contribution in [3.63, 3.8) is 0 Å². The minimum absolute atomic E-state index is 0.0429. The molecule has 1 aromatic rings. The van der Waals surface area contributed by atoms with E-state index in [1.807, 2.05) is 35.2 Å². The normalized spacial score (nSPS) is 20.4. The van der Waals surface area contributed by atoms with Crippen molar-refractivity contribution in [2.45, 2.75) is 32.7 Å². The Morgan fingerprint density at radius 1 is 1.32 bits per heavy atom. The third kappa shape index (κ3) is 3.24. The summed E-state index contributed by atoms with van der Waals surface area (Å²) < 4.78 is 0. The fourth-order valence-corrected chi connectivity index (χ4v) is 2.39. The predicted octanol–water partition coefficient (Wildman–Crippen LogP) is 2.63. The van der Waals surface area contributed by atoms with E-state index in [2.05, 4.69) is 19.9 Å². The van der Waals surface area contributed by atoms with Gasteiger partial charge in [-0.3, -0.25) is 4.79 Å². The summed E-state index contributed by atoms with van der Waals surface area (Å²) in [5.74, 6) is 0.461. The lowest BCUT2D eigenvalue weighted by Gasteiger charge is -2.28. The topological polar surface area (TPSA) is 46.3 Å². The molecule has 102 valence electrons. The van der Waals surface area contributed by atoms with Gasteiger partial charge in [-0.25, -0.2) is 0 Å². The van der Waals surface area contributed by atoms with E-state index >= 15 is 0 Å². The molecule has 3 heteroatoms. The molecule has 0 bridgehead atoms. The molecule has 1 atom stereocenters. The van der Waals surface area contributed by atoms with Crippen LogP contribution in [-0.4, -0.2) is 23.4 Å². The fraction of sp³-hybridized carbons (Fsp3) is 0.438. The number of nitrogens with zero attached hydrogens (tertiary/aromatic N) is 1. The number of amides is 1. The second-order valence-electron chi connectivity index (χ2n) is 5.48. The summed E-state index contributed by atoms with van der Waals surface area (Å²) in [6, 6.07) is 9.70. The molecule has 0 aromatic heterocycles. The molecule has 3 nitrogen and oxygen atoms in total. The van der Waals surface area contributed by atoms with Gasteiger partial charge >= 0.3 is 0 Å². The lowest BCUT2D eigenvalue weighted by molar-refractivity contribution is -0.129. The van der Waals surface area contributed by atoms with Crippen molar-refractivity contribution in [2.24, 2.45) is 11.7 Å². The van der Waals surface area contributed by atoms with Gasteiger partial charge in [0.25, 0.3) is 0 Å². The third-order valence-corrected chi connectivity index (χ3v) is 3.31. The summed E-state index contributed by atoms with van der Waals surface area (Å²) >= 11 is 0. The van der Waals surface area contributed by atoms with E-state index in [4.69, 9.17) is 5.73 Å². The number of rotatable bonds is 3. The summed E-state index contributed by atoms with van der Waals surface area (Å²) in [6.45, 7) is 4.95. The van der Waals surface area contributed by atoms with Gasteiger partial charge in [0, 0.05) is 12.2 Å². The van der Waals surface area contributed by atoms with Crippen LogP contribution in [0.2, 0.25) is 0 Å². The van der Waals surface area contributed by atoms with Crippen molar-refractivity contribution in [2.75, 3.05) is 6.54 Å². The molecule has 2 rings (SSSR count). The van der Waals surface area contributed by atoms with Gasteiger partial charge in [0.2, 0.25) is 5.91 Å². The Labute approximate surface area is 115 Å². The number of nitrogens with two attached hydrogens (primary N) is 1. The largest absolute Gasteiger partial charge is 0.320 e. The molecule has 1 heterocycles. The van der Waals surface area contributed by atoms with Crippen LogP contribution in [0.25, 0.3) is 5.70 Å². The number of hydrogen-bond acceptors (Lipinski definition) is 2. The van der Waals surface area contributed by atoms with Crippen LogP contribution in [0.4, 0.5) is 0 Å². The fourth-order valence-electron chi connectivity index (χ4n) is 2.39. The molecule has 19 heavy (non-hydrogen) atoms. The number of allylic oxidation sites excluding steroid dienone is 1. The number of benzene rings is 1. The van der Waals surface area contributed by atoms with Crippen LogP contribution >= 0.6 is 0 Å². The van der Waals surface area contributed by atoms with Gasteiger partial charge in [0.1, 0.15) is 0 Å². The van der Waals surface area contributed by atoms with E-state index in [-0.39, 0.29) is 11.9 Å². The average Bonchev–Trinajstić information content (AvgIpc) is 2.53. The monoisotopic (exact) mass is 258 g/mol. The molecule has 0 fully saturated rings. The standard InChI is InChI=1S/C16H22N2O/c1-12(2)11-18-15(13-7-4-3-5-8-13)10-6-9-14(17)16(18)19/h3-5,7-8,10,12,14H,6,9,11,17H2,1-2H3/t14-/m0/s1. The SMILES string of the molecule is CC(C)CN1C(=O)[C@@H](N)CCC=C1c1ccccc1. The molecule has 1 aliphatic heterocycles. The van der Waals surface area contributed by atoms with E-state index in [0.717, 1.165) is 24.1 Å². The molecule has 0 unspecified atom stereocenters. The maximum Gasteiger partial charge on any atom is 0.243 e. The number of hydrogen-bond donors (Lipinski definition) is 1. The van der Waals surface area contributed by atoms with Crippen LogP contribution < -0.4 is 5.73 Å². The van der Waals surface area contributed by atoms with Gasteiger partial charge in [0.15, 0.2) is 0 Å². The Kier molecular flexibility index (Phi) is 4.38. The zero-order valence-electron chi connectivity index (χ0n) is 11.7. The highest BCUT2D eigenvalue weighted by atomic mass is 16.2. The first kappa shape index (κ1) is 13.8. The van der Waals surface area contributed by atoms with Gasteiger partial charge in [-0.1, -0.05) is 50.3 Å². The second kappa shape index (κ2) is 6.02. The van der Waals surface area contributed by atoms with Crippen LogP contribution in [0.3, 0.4) is 0 Å². The predicted molar refractivity (Wildman–Crippen MR) is 78.2 cm³/mol. The van der Waals surface area contributed by atoms with Crippen LogP contribution in [0.5, 0.6) is 0 Å². The second-order valence-corrected chi connectivity index (χ2v) is 5.48. The Bertz CT molecular complexity index is 465. The van der Waals surface area contributed by atoms with Gasteiger partial charge in [-0.2, -0.15) is 0 Å². The number of carbonyl (C=O) groups is 1. The minimum Gasteiger partial charge on any atom is -0.320 e. The summed E-state index contributed by atoms with van der Waals surface area (Å²) in [4.78, 5) is 14.3. The van der Waals surface area contributed by atoms with Crippen LogP contribution in [0.1, 0.15) is 32.3 Å². The summed E-state index contributed by atoms with van der Waals surface area (Å²) in [6.07, 6.45) is 3.72. The summed E-state index contributed by atoms with van der Waals surface area (Å²) in [7, 11) is 0. The summed E-state index contributed by atoms with van der Waals surface area (Å²) in [5, 5.41) is 0. The first-order valence-electron chi connectivity index (χ1n) is 6.92. The number of carbonyl (C=O) groups excluding carboxylic acids is 1. The Balaban J connectivity index is 2.36. The maximum atomic E-state index is 12.4. The van der Waals surface area contributed by atoms with E-state index in [1.165, 1.54) is 0 Å². The first-order valence-corrected chi connectivity index (χ1v) is 6.92. The maximum absolute atomic E-state index is 12.4. The van der Waals surface area contributed by atoms with Crippen LogP contribution in [0, 0.1) is 5.92 Å². The summed E-state index contributed by atoms with van der Waals surface area (Å²) in [5.41, 5.74) is 8.06. The van der Waals surface area contributed by atoms with E-state index < -0.39 is 0 Å². The molecular formula is C16H22N2O. The van der Waals surface area contributed by atoms with Crippen molar-refractivity contribution in [3.8, 4) is 0 Å². The Morgan fingerprint density at radius 2 is 2.00 bits per heavy atom. The average molecular weight is 258 g/mol. The highest BCUT2D eigenvalue weighted by Gasteiger charge is 2.27. The van der Waals surface area contributed by atoms with E-state index in [9.17, 15) is 4.79 Å². The van der Waals surface area contributed by atoms with Crippen molar-refractivity contribution >= 4 is 11.6 Å². The van der Waals surface area contributed by atoms with E-state index in [0.29, 0.717) is 12.5 Å². The molecule has 0 aliphatic carbocycles. The van der Waals surface area contributed by atoms with Gasteiger partial charge in [-0.15, -0.1) is 0 Å². The molecule has 0 radical (unpaired) electrons. The van der Waals surface area contributed by atoms with E-state index in [1.54, 1.807) is 0 Å². The lowest BCUT2D eigenvalue weighted by Crippen LogP contribution is -2.43. The molecule has 1 amide bonds. The van der Waals surface area contributed by atoms with Crippen LogP contribution in [-0.2, 0) is 4.79 Å². The molecule has 0 spiro atoms. The van der Waals surface area contributed by atoms with Gasteiger partial charge in [0.05, 0.1) is 6.04 Å². The Hall–Kier alpha value is -1.61. The molecule has 0 saturated heterocycles. The molecular weight excluding hydrogens is 236 g/mol. The van der Waals surface area contributed by atoms with Crippen molar-refractivity contribution < 1.29 is 4.79 Å².